The van der Waals surface area contributed by atoms with E-state index in [2.05, 4.69) is 14.9 Å². The Morgan fingerprint density at radius 2 is 1.71 bits per heavy atom. The highest BCUT2D eigenvalue weighted by Gasteiger charge is 2.23. The van der Waals surface area contributed by atoms with Crippen LogP contribution in [0.25, 0.3) is 16.7 Å². The van der Waals surface area contributed by atoms with Crippen molar-refractivity contribution < 1.29 is 4.79 Å². The van der Waals surface area contributed by atoms with Crippen LogP contribution in [0.1, 0.15) is 10.4 Å². The molecule has 4 aromatic rings. The smallest absolute Gasteiger partial charge is 0.253 e. The lowest BCUT2D eigenvalue weighted by Crippen LogP contribution is -2.48. The minimum Gasteiger partial charge on any atom is -0.345 e. The minimum atomic E-state index is 0.0841. The number of aromatic nitrogens is 3. The molecular formula is C21H19N5OS. The molecule has 1 amide bonds. The van der Waals surface area contributed by atoms with Crippen molar-refractivity contribution in [3.8, 4) is 5.69 Å². The van der Waals surface area contributed by atoms with Gasteiger partial charge in [0, 0.05) is 49.0 Å². The Balaban J connectivity index is 1.30. The number of anilines is 1. The van der Waals surface area contributed by atoms with E-state index in [1.807, 2.05) is 75.9 Å². The number of carbonyl (C=O) groups is 1. The van der Waals surface area contributed by atoms with Gasteiger partial charge in [-0.3, -0.25) is 9.36 Å². The van der Waals surface area contributed by atoms with Crippen LogP contribution in [0.2, 0.25) is 0 Å². The zero-order valence-corrected chi connectivity index (χ0v) is 16.0. The number of carbonyl (C=O) groups excluding carboxylic acids is 1. The monoisotopic (exact) mass is 389 g/mol. The number of hydrogen-bond donors (Lipinski definition) is 0. The molecule has 2 aromatic carbocycles. The molecule has 1 saturated heterocycles. The van der Waals surface area contributed by atoms with Crippen LogP contribution in [0.4, 0.5) is 5.13 Å². The first-order valence-electron chi connectivity index (χ1n) is 9.26. The Morgan fingerprint density at radius 1 is 0.929 bits per heavy atom. The quantitative estimate of drug-likeness (QED) is 0.539. The summed E-state index contributed by atoms with van der Waals surface area (Å²) in [5.41, 5.74) is 3.73. The highest BCUT2D eigenvalue weighted by atomic mass is 32.1. The van der Waals surface area contributed by atoms with E-state index >= 15 is 0 Å². The standard InChI is InChI=1S/C21H19N5OS/c27-20(24-10-12-25(13-11-24)21-22-9-14-28-21)16-5-7-17(8-6-16)26-15-23-18-3-1-2-4-19(18)26/h1-9,14-15H,10-13H2. The number of hydrogen-bond acceptors (Lipinski definition) is 5. The molecule has 3 heterocycles. The molecule has 1 aliphatic rings. The molecule has 7 heteroatoms. The van der Waals surface area contributed by atoms with Crippen LogP contribution >= 0.6 is 11.3 Å². The Hall–Kier alpha value is -3.19. The van der Waals surface area contributed by atoms with Crippen LogP contribution in [-0.4, -0.2) is 51.5 Å². The average molecular weight is 389 g/mol. The first kappa shape index (κ1) is 16.9. The van der Waals surface area contributed by atoms with Gasteiger partial charge >= 0.3 is 0 Å². The molecule has 0 atom stereocenters. The summed E-state index contributed by atoms with van der Waals surface area (Å²) in [6.07, 6.45) is 3.64. The lowest BCUT2D eigenvalue weighted by atomic mass is 10.1. The van der Waals surface area contributed by atoms with Gasteiger partial charge in [0.2, 0.25) is 0 Å². The number of benzene rings is 2. The van der Waals surface area contributed by atoms with Crippen LogP contribution < -0.4 is 4.90 Å². The van der Waals surface area contributed by atoms with Crippen LogP contribution in [0.3, 0.4) is 0 Å². The van der Waals surface area contributed by atoms with Crippen LogP contribution in [0.15, 0.2) is 66.4 Å². The predicted molar refractivity (Wildman–Crippen MR) is 111 cm³/mol. The van der Waals surface area contributed by atoms with E-state index in [0.29, 0.717) is 13.1 Å². The minimum absolute atomic E-state index is 0.0841. The van der Waals surface area contributed by atoms with E-state index in [9.17, 15) is 4.79 Å². The number of rotatable bonds is 3. The molecule has 0 unspecified atom stereocenters. The Labute approximate surface area is 166 Å². The van der Waals surface area contributed by atoms with Crippen molar-refractivity contribution in [2.24, 2.45) is 0 Å². The number of nitrogens with zero attached hydrogens (tertiary/aromatic N) is 5. The third kappa shape index (κ3) is 3.03. The lowest BCUT2D eigenvalue weighted by molar-refractivity contribution is 0.0747. The number of thiazole rings is 1. The van der Waals surface area contributed by atoms with Gasteiger partial charge in [0.05, 0.1) is 11.0 Å². The molecule has 6 nitrogen and oxygen atoms in total. The molecule has 0 spiro atoms. The van der Waals surface area contributed by atoms with Crippen molar-refractivity contribution in [2.75, 3.05) is 31.1 Å². The van der Waals surface area contributed by atoms with Gasteiger partial charge in [-0.2, -0.15) is 0 Å². The third-order valence-electron chi connectivity index (χ3n) is 5.10. The molecule has 1 aliphatic heterocycles. The molecular weight excluding hydrogens is 370 g/mol. The summed E-state index contributed by atoms with van der Waals surface area (Å²) >= 11 is 1.64. The van der Waals surface area contributed by atoms with E-state index in [0.717, 1.165) is 40.5 Å². The van der Waals surface area contributed by atoms with Crippen molar-refractivity contribution in [1.29, 1.82) is 0 Å². The normalized spacial score (nSPS) is 14.6. The number of piperazine rings is 1. The number of amides is 1. The molecule has 0 saturated carbocycles. The van der Waals surface area contributed by atoms with Gasteiger partial charge in [-0.05, 0) is 36.4 Å². The summed E-state index contributed by atoms with van der Waals surface area (Å²) in [6, 6.07) is 15.8. The zero-order valence-electron chi connectivity index (χ0n) is 15.2. The summed E-state index contributed by atoms with van der Waals surface area (Å²) in [5, 5.41) is 3.02. The van der Waals surface area contributed by atoms with Crippen LogP contribution in [-0.2, 0) is 0 Å². The SMILES string of the molecule is O=C(c1ccc(-n2cnc3ccccc32)cc1)N1CCN(c2nccs2)CC1. The summed E-state index contributed by atoms with van der Waals surface area (Å²) < 4.78 is 2.04. The first-order chi connectivity index (χ1) is 13.8. The second-order valence-electron chi connectivity index (χ2n) is 6.74. The average Bonchev–Trinajstić information content (AvgIpc) is 3.44. The first-order valence-corrected chi connectivity index (χ1v) is 10.1. The van der Waals surface area contributed by atoms with Crippen molar-refractivity contribution in [3.63, 3.8) is 0 Å². The fourth-order valence-corrected chi connectivity index (χ4v) is 4.28. The van der Waals surface area contributed by atoms with Crippen molar-refractivity contribution in [2.45, 2.75) is 0 Å². The van der Waals surface area contributed by atoms with Crippen molar-refractivity contribution >= 4 is 33.4 Å². The Kier molecular flexibility index (Phi) is 4.29. The molecule has 0 N–H and O–H groups in total. The third-order valence-corrected chi connectivity index (χ3v) is 5.93. The van der Waals surface area contributed by atoms with E-state index in [-0.39, 0.29) is 5.91 Å². The van der Waals surface area contributed by atoms with Crippen LogP contribution in [0, 0.1) is 0 Å². The maximum atomic E-state index is 12.9. The van der Waals surface area contributed by atoms with Gasteiger partial charge < -0.3 is 9.80 Å². The molecule has 140 valence electrons. The van der Waals surface area contributed by atoms with Crippen molar-refractivity contribution in [1.82, 2.24) is 19.4 Å². The Bertz CT molecular complexity index is 1100. The van der Waals surface area contributed by atoms with Gasteiger partial charge in [0.15, 0.2) is 5.13 Å². The number of fused-ring (bicyclic) bond motifs is 1. The molecule has 0 radical (unpaired) electrons. The summed E-state index contributed by atoms with van der Waals surface area (Å²) in [5.74, 6) is 0.0841. The van der Waals surface area contributed by atoms with Gasteiger partial charge in [-0.25, -0.2) is 9.97 Å². The number of para-hydroxylation sites is 2. The molecule has 0 aliphatic carbocycles. The molecule has 0 bridgehead atoms. The second-order valence-corrected chi connectivity index (χ2v) is 7.62. The van der Waals surface area contributed by atoms with Gasteiger partial charge in [0.25, 0.3) is 5.91 Å². The largest absolute Gasteiger partial charge is 0.345 e. The summed E-state index contributed by atoms with van der Waals surface area (Å²) in [6.45, 7) is 3.06. The topological polar surface area (TPSA) is 54.3 Å². The van der Waals surface area contributed by atoms with Crippen molar-refractivity contribution in [3.05, 3.63) is 72.0 Å². The zero-order chi connectivity index (χ0) is 18.9. The Morgan fingerprint density at radius 3 is 2.46 bits per heavy atom. The maximum Gasteiger partial charge on any atom is 0.253 e. The highest BCUT2D eigenvalue weighted by molar-refractivity contribution is 7.13. The molecule has 1 fully saturated rings. The van der Waals surface area contributed by atoms with Gasteiger partial charge in [-0.1, -0.05) is 12.1 Å². The fourth-order valence-electron chi connectivity index (χ4n) is 3.59. The van der Waals surface area contributed by atoms with E-state index in [1.165, 1.54) is 0 Å². The lowest BCUT2D eigenvalue weighted by Gasteiger charge is -2.34. The summed E-state index contributed by atoms with van der Waals surface area (Å²) in [7, 11) is 0. The maximum absolute atomic E-state index is 12.9. The molecule has 28 heavy (non-hydrogen) atoms. The number of imidazole rings is 1. The molecule has 5 rings (SSSR count). The molecule has 2 aromatic heterocycles. The summed E-state index contributed by atoms with van der Waals surface area (Å²) in [4.78, 5) is 25.8. The predicted octanol–water partition coefficient (Wildman–Crippen LogP) is 3.44. The van der Waals surface area contributed by atoms with E-state index in [4.69, 9.17) is 0 Å². The van der Waals surface area contributed by atoms with Gasteiger partial charge in [-0.15, -0.1) is 11.3 Å². The van der Waals surface area contributed by atoms with E-state index < -0.39 is 0 Å². The van der Waals surface area contributed by atoms with Gasteiger partial charge in [0.1, 0.15) is 6.33 Å². The fraction of sp³-hybridized carbons (Fsp3) is 0.190. The van der Waals surface area contributed by atoms with Crippen LogP contribution in [0.5, 0.6) is 0 Å². The van der Waals surface area contributed by atoms with E-state index in [1.54, 1.807) is 11.3 Å². The second kappa shape index (κ2) is 7.09. The highest BCUT2D eigenvalue weighted by Crippen LogP contribution is 2.21.